The third kappa shape index (κ3) is 3.80. The first-order chi connectivity index (χ1) is 9.22. The largest absolute Gasteiger partial charge is 0.273 e. The first kappa shape index (κ1) is 14.1. The van der Waals surface area contributed by atoms with E-state index in [4.69, 9.17) is 17.4 Å². The predicted molar refractivity (Wildman–Crippen MR) is 77.9 cm³/mol. The van der Waals surface area contributed by atoms with Crippen LogP contribution >= 0.6 is 11.6 Å². The molecule has 0 radical (unpaired) electrons. The number of hydrazine groups is 1. The Morgan fingerprint density at radius 3 is 2.79 bits per heavy atom. The lowest BCUT2D eigenvalue weighted by Crippen LogP contribution is -2.38. The van der Waals surface area contributed by atoms with E-state index < -0.39 is 0 Å². The van der Waals surface area contributed by atoms with Gasteiger partial charge in [-0.05, 0) is 37.0 Å². The second-order valence-electron chi connectivity index (χ2n) is 4.57. The zero-order valence-electron chi connectivity index (χ0n) is 11.0. The number of halogens is 1. The number of aromatic nitrogens is 2. The van der Waals surface area contributed by atoms with Gasteiger partial charge in [-0.3, -0.25) is 16.0 Å². The maximum absolute atomic E-state index is 6.17. The van der Waals surface area contributed by atoms with E-state index in [0.29, 0.717) is 0 Å². The van der Waals surface area contributed by atoms with Crippen LogP contribution in [0, 0.1) is 0 Å². The molecule has 0 saturated heterocycles. The Kier molecular flexibility index (Phi) is 4.96. The summed E-state index contributed by atoms with van der Waals surface area (Å²) in [5.41, 5.74) is 5.14. The van der Waals surface area contributed by atoms with Gasteiger partial charge in [0.2, 0.25) is 0 Å². The van der Waals surface area contributed by atoms with Crippen LogP contribution in [0.4, 0.5) is 0 Å². The van der Waals surface area contributed by atoms with Crippen molar-refractivity contribution in [3.8, 4) is 0 Å². The van der Waals surface area contributed by atoms with Crippen LogP contribution in [0.15, 0.2) is 36.7 Å². The maximum Gasteiger partial charge on any atom is 0.0522 e. The summed E-state index contributed by atoms with van der Waals surface area (Å²) < 4.78 is 1.92. The van der Waals surface area contributed by atoms with Crippen LogP contribution < -0.4 is 11.3 Å². The molecule has 1 aromatic carbocycles. The third-order valence-electron chi connectivity index (χ3n) is 3.15. The van der Waals surface area contributed by atoms with Crippen LogP contribution in [0.5, 0.6) is 0 Å². The molecule has 0 aliphatic heterocycles. The van der Waals surface area contributed by atoms with Crippen LogP contribution in [0.2, 0.25) is 5.02 Å². The Bertz CT molecular complexity index is 524. The van der Waals surface area contributed by atoms with Crippen molar-refractivity contribution >= 4 is 11.6 Å². The van der Waals surface area contributed by atoms with Crippen molar-refractivity contribution in [2.24, 2.45) is 5.84 Å². The highest BCUT2D eigenvalue weighted by atomic mass is 35.5. The summed E-state index contributed by atoms with van der Waals surface area (Å²) in [5.74, 6) is 5.64. The molecule has 3 N–H and O–H groups in total. The van der Waals surface area contributed by atoms with Crippen molar-refractivity contribution in [2.75, 3.05) is 0 Å². The number of aryl methyl sites for hydroxylation is 1. The molecule has 0 spiro atoms. The number of rotatable bonds is 6. The molecule has 1 heterocycles. The molecule has 1 atom stereocenters. The fourth-order valence-electron chi connectivity index (χ4n) is 2.09. The Hall–Kier alpha value is -1.36. The lowest BCUT2D eigenvalue weighted by Gasteiger charge is -2.15. The number of hydrogen-bond acceptors (Lipinski definition) is 3. The lowest BCUT2D eigenvalue weighted by atomic mass is 10.0. The highest BCUT2D eigenvalue weighted by Crippen LogP contribution is 2.17. The maximum atomic E-state index is 6.17. The van der Waals surface area contributed by atoms with Crippen LogP contribution in [0.25, 0.3) is 0 Å². The van der Waals surface area contributed by atoms with E-state index in [-0.39, 0.29) is 6.04 Å². The van der Waals surface area contributed by atoms with Crippen LogP contribution in [-0.2, 0) is 19.4 Å². The van der Waals surface area contributed by atoms with Crippen molar-refractivity contribution in [1.82, 2.24) is 15.2 Å². The molecule has 0 saturated carbocycles. The Morgan fingerprint density at radius 1 is 1.37 bits per heavy atom. The standard InChI is InChI=1S/C14H19ClN4/c1-2-19-10-11(9-17-19)7-13(18-16)8-12-5-3-4-6-14(12)15/h3-6,9-10,13,18H,2,7-8,16H2,1H3. The smallest absolute Gasteiger partial charge is 0.0522 e. The van der Waals surface area contributed by atoms with Gasteiger partial charge in [-0.1, -0.05) is 29.8 Å². The van der Waals surface area contributed by atoms with Crippen molar-refractivity contribution in [2.45, 2.75) is 32.4 Å². The molecule has 0 fully saturated rings. The average molecular weight is 279 g/mol. The highest BCUT2D eigenvalue weighted by Gasteiger charge is 2.12. The van der Waals surface area contributed by atoms with Gasteiger partial charge in [0.1, 0.15) is 0 Å². The lowest BCUT2D eigenvalue weighted by molar-refractivity contribution is 0.522. The molecule has 2 rings (SSSR count). The van der Waals surface area contributed by atoms with Crippen LogP contribution in [-0.4, -0.2) is 15.8 Å². The van der Waals surface area contributed by atoms with Gasteiger partial charge in [-0.15, -0.1) is 0 Å². The number of nitrogens with zero attached hydrogens (tertiary/aromatic N) is 2. The molecular weight excluding hydrogens is 260 g/mol. The van der Waals surface area contributed by atoms with Gasteiger partial charge in [-0.25, -0.2) is 0 Å². The topological polar surface area (TPSA) is 55.9 Å². The van der Waals surface area contributed by atoms with Gasteiger partial charge in [0.05, 0.1) is 6.20 Å². The van der Waals surface area contributed by atoms with Crippen molar-refractivity contribution in [1.29, 1.82) is 0 Å². The molecule has 4 nitrogen and oxygen atoms in total. The molecule has 102 valence electrons. The monoisotopic (exact) mass is 278 g/mol. The molecule has 19 heavy (non-hydrogen) atoms. The van der Waals surface area contributed by atoms with Crippen molar-refractivity contribution in [3.05, 3.63) is 52.8 Å². The fourth-order valence-corrected chi connectivity index (χ4v) is 2.30. The summed E-state index contributed by atoms with van der Waals surface area (Å²) in [5, 5.41) is 5.05. The van der Waals surface area contributed by atoms with Crippen LogP contribution in [0.1, 0.15) is 18.1 Å². The fraction of sp³-hybridized carbons (Fsp3) is 0.357. The minimum Gasteiger partial charge on any atom is -0.273 e. The zero-order valence-corrected chi connectivity index (χ0v) is 11.8. The quantitative estimate of drug-likeness (QED) is 0.629. The van der Waals surface area contributed by atoms with E-state index in [2.05, 4.69) is 23.6 Å². The normalized spacial score (nSPS) is 12.6. The minimum absolute atomic E-state index is 0.148. The molecule has 5 heteroatoms. The molecule has 0 amide bonds. The molecule has 0 aliphatic rings. The van der Waals surface area contributed by atoms with Gasteiger partial charge in [0, 0.05) is 23.8 Å². The first-order valence-electron chi connectivity index (χ1n) is 6.43. The van der Waals surface area contributed by atoms with Gasteiger partial charge in [0.25, 0.3) is 0 Å². The van der Waals surface area contributed by atoms with E-state index in [1.807, 2.05) is 35.1 Å². The SMILES string of the molecule is CCn1cc(CC(Cc2ccccc2Cl)NN)cn1. The summed E-state index contributed by atoms with van der Waals surface area (Å²) in [6, 6.07) is 8.00. The van der Waals surface area contributed by atoms with E-state index in [9.17, 15) is 0 Å². The third-order valence-corrected chi connectivity index (χ3v) is 3.52. The first-order valence-corrected chi connectivity index (χ1v) is 6.81. The summed E-state index contributed by atoms with van der Waals surface area (Å²) in [6.45, 7) is 2.95. The summed E-state index contributed by atoms with van der Waals surface area (Å²) >= 11 is 6.17. The molecular formula is C14H19ClN4. The van der Waals surface area contributed by atoms with Crippen LogP contribution in [0.3, 0.4) is 0 Å². The van der Waals surface area contributed by atoms with Gasteiger partial charge in [0.15, 0.2) is 0 Å². The average Bonchev–Trinajstić information content (AvgIpc) is 2.88. The number of nitrogens with two attached hydrogens (primary N) is 1. The number of hydrogen-bond donors (Lipinski definition) is 2. The molecule has 2 aromatic rings. The Balaban J connectivity index is 2.02. The van der Waals surface area contributed by atoms with Crippen molar-refractivity contribution < 1.29 is 0 Å². The highest BCUT2D eigenvalue weighted by molar-refractivity contribution is 6.31. The predicted octanol–water partition coefficient (Wildman–Crippen LogP) is 2.17. The van der Waals surface area contributed by atoms with Crippen molar-refractivity contribution in [3.63, 3.8) is 0 Å². The minimum atomic E-state index is 0.148. The number of benzene rings is 1. The molecule has 1 unspecified atom stereocenters. The molecule has 1 aromatic heterocycles. The summed E-state index contributed by atoms with van der Waals surface area (Å²) in [4.78, 5) is 0. The second kappa shape index (κ2) is 6.70. The Morgan fingerprint density at radius 2 is 2.16 bits per heavy atom. The van der Waals surface area contributed by atoms with Gasteiger partial charge < -0.3 is 0 Å². The van der Waals surface area contributed by atoms with E-state index in [0.717, 1.165) is 30.0 Å². The zero-order chi connectivity index (χ0) is 13.7. The van der Waals surface area contributed by atoms with Gasteiger partial charge in [-0.2, -0.15) is 5.10 Å². The summed E-state index contributed by atoms with van der Waals surface area (Å²) in [7, 11) is 0. The second-order valence-corrected chi connectivity index (χ2v) is 4.97. The van der Waals surface area contributed by atoms with Gasteiger partial charge >= 0.3 is 0 Å². The van der Waals surface area contributed by atoms with E-state index >= 15 is 0 Å². The Labute approximate surface area is 118 Å². The number of nitrogens with one attached hydrogen (secondary N) is 1. The van der Waals surface area contributed by atoms with E-state index in [1.54, 1.807) is 0 Å². The summed E-state index contributed by atoms with van der Waals surface area (Å²) in [6.07, 6.45) is 5.58. The molecule has 0 aliphatic carbocycles. The van der Waals surface area contributed by atoms with E-state index in [1.165, 1.54) is 5.56 Å². The molecule has 0 bridgehead atoms.